The highest BCUT2D eigenvalue weighted by Gasteiger charge is 2.32. The van der Waals surface area contributed by atoms with Crippen LogP contribution in [0.1, 0.15) is 18.4 Å². The van der Waals surface area contributed by atoms with E-state index in [1.165, 1.54) is 0 Å². The number of carbonyl (C=O) groups is 1. The van der Waals surface area contributed by atoms with E-state index in [0.717, 1.165) is 44.7 Å². The molecule has 1 aromatic carbocycles. The largest absolute Gasteiger partial charge is 0.445 e. The molecule has 0 aromatic heterocycles. The first-order chi connectivity index (χ1) is 10.8. The number of rotatable bonds is 5. The maximum Gasteiger partial charge on any atom is 0.407 e. The standard InChI is InChI=1S/C16H23N3O3/c20-16(22-12-13-4-2-1-3-5-13)17-14-10-15(11-14)18-19-6-8-21-9-7-19/h1-5,14-15,18H,6-12H2,(H,17,20). The molecule has 1 aromatic rings. The van der Waals surface area contributed by atoms with E-state index < -0.39 is 0 Å². The molecule has 22 heavy (non-hydrogen) atoms. The van der Waals surface area contributed by atoms with Crippen molar-refractivity contribution in [1.29, 1.82) is 0 Å². The summed E-state index contributed by atoms with van der Waals surface area (Å²) in [5.41, 5.74) is 4.48. The number of hydrazine groups is 1. The van der Waals surface area contributed by atoms with Gasteiger partial charge in [-0.25, -0.2) is 9.80 Å². The van der Waals surface area contributed by atoms with E-state index in [4.69, 9.17) is 9.47 Å². The third-order valence-corrected chi connectivity index (χ3v) is 4.05. The predicted molar refractivity (Wildman–Crippen MR) is 82.1 cm³/mol. The van der Waals surface area contributed by atoms with Crippen LogP contribution in [0.5, 0.6) is 0 Å². The van der Waals surface area contributed by atoms with Crippen LogP contribution in [0.2, 0.25) is 0 Å². The quantitative estimate of drug-likeness (QED) is 0.858. The van der Waals surface area contributed by atoms with Gasteiger partial charge >= 0.3 is 6.09 Å². The van der Waals surface area contributed by atoms with Crippen LogP contribution in [0.3, 0.4) is 0 Å². The molecule has 2 aliphatic rings. The lowest BCUT2D eigenvalue weighted by Gasteiger charge is -2.40. The van der Waals surface area contributed by atoms with Crippen LogP contribution in [0.25, 0.3) is 0 Å². The number of ether oxygens (including phenoxy) is 2. The second-order valence-corrected chi connectivity index (χ2v) is 5.80. The summed E-state index contributed by atoms with van der Waals surface area (Å²) in [4.78, 5) is 11.7. The van der Waals surface area contributed by atoms with Gasteiger partial charge in [-0.2, -0.15) is 0 Å². The highest BCUT2D eigenvalue weighted by Crippen LogP contribution is 2.20. The molecule has 0 radical (unpaired) electrons. The average Bonchev–Trinajstić information content (AvgIpc) is 2.53. The van der Waals surface area contributed by atoms with Crippen LogP contribution in [0, 0.1) is 0 Å². The van der Waals surface area contributed by atoms with Gasteiger partial charge in [-0.05, 0) is 18.4 Å². The van der Waals surface area contributed by atoms with Gasteiger partial charge in [-0.15, -0.1) is 0 Å². The number of hydrogen-bond acceptors (Lipinski definition) is 5. The second-order valence-electron chi connectivity index (χ2n) is 5.80. The van der Waals surface area contributed by atoms with Crippen LogP contribution in [-0.4, -0.2) is 49.5 Å². The van der Waals surface area contributed by atoms with Crippen molar-refractivity contribution in [2.45, 2.75) is 31.5 Å². The van der Waals surface area contributed by atoms with Gasteiger partial charge in [-0.3, -0.25) is 5.43 Å². The minimum Gasteiger partial charge on any atom is -0.445 e. The van der Waals surface area contributed by atoms with E-state index in [1.807, 2.05) is 30.3 Å². The fourth-order valence-corrected chi connectivity index (χ4v) is 2.72. The Morgan fingerprint density at radius 3 is 2.64 bits per heavy atom. The third kappa shape index (κ3) is 4.43. The first kappa shape index (κ1) is 15.3. The van der Waals surface area contributed by atoms with Gasteiger partial charge in [0, 0.05) is 25.2 Å². The van der Waals surface area contributed by atoms with Gasteiger partial charge in [0.15, 0.2) is 0 Å². The maximum absolute atomic E-state index is 11.7. The maximum atomic E-state index is 11.7. The summed E-state index contributed by atoms with van der Waals surface area (Å²) in [7, 11) is 0. The van der Waals surface area contributed by atoms with Crippen molar-refractivity contribution >= 4 is 6.09 Å². The molecule has 1 aliphatic heterocycles. The number of carbonyl (C=O) groups excluding carboxylic acids is 1. The van der Waals surface area contributed by atoms with Crippen molar-refractivity contribution in [3.05, 3.63) is 35.9 Å². The van der Waals surface area contributed by atoms with E-state index in [-0.39, 0.29) is 12.1 Å². The summed E-state index contributed by atoms with van der Waals surface area (Å²) in [5, 5.41) is 5.12. The number of alkyl carbamates (subject to hydrolysis) is 1. The minimum absolute atomic E-state index is 0.210. The molecule has 0 atom stereocenters. The van der Waals surface area contributed by atoms with Crippen LogP contribution >= 0.6 is 0 Å². The number of amides is 1. The Kier molecular flexibility index (Phi) is 5.26. The van der Waals surface area contributed by atoms with E-state index in [2.05, 4.69) is 15.8 Å². The van der Waals surface area contributed by atoms with Crippen LogP contribution < -0.4 is 10.7 Å². The van der Waals surface area contributed by atoms with E-state index in [0.29, 0.717) is 12.6 Å². The molecule has 1 saturated carbocycles. The molecule has 1 heterocycles. The van der Waals surface area contributed by atoms with Crippen molar-refractivity contribution in [2.24, 2.45) is 0 Å². The fourth-order valence-electron chi connectivity index (χ4n) is 2.72. The van der Waals surface area contributed by atoms with Crippen molar-refractivity contribution < 1.29 is 14.3 Å². The van der Waals surface area contributed by atoms with Crippen LogP contribution in [-0.2, 0) is 16.1 Å². The van der Waals surface area contributed by atoms with E-state index >= 15 is 0 Å². The highest BCUT2D eigenvalue weighted by atomic mass is 16.5. The smallest absolute Gasteiger partial charge is 0.407 e. The number of nitrogens with zero attached hydrogens (tertiary/aromatic N) is 1. The molecule has 0 bridgehead atoms. The predicted octanol–water partition coefficient (Wildman–Crippen LogP) is 1.28. The van der Waals surface area contributed by atoms with Gasteiger partial charge in [0.25, 0.3) is 0 Å². The van der Waals surface area contributed by atoms with Gasteiger partial charge < -0.3 is 14.8 Å². The Bertz CT molecular complexity index is 471. The first-order valence-electron chi connectivity index (χ1n) is 7.85. The van der Waals surface area contributed by atoms with Gasteiger partial charge in [-0.1, -0.05) is 30.3 Å². The molecule has 6 nitrogen and oxygen atoms in total. The zero-order valence-corrected chi connectivity index (χ0v) is 12.7. The third-order valence-electron chi connectivity index (χ3n) is 4.05. The van der Waals surface area contributed by atoms with Crippen LogP contribution in [0.4, 0.5) is 4.79 Å². The molecule has 120 valence electrons. The van der Waals surface area contributed by atoms with Crippen molar-refractivity contribution in [1.82, 2.24) is 15.8 Å². The molecule has 2 fully saturated rings. The lowest BCUT2D eigenvalue weighted by Crippen LogP contribution is -2.58. The Hall–Kier alpha value is -1.63. The van der Waals surface area contributed by atoms with Gasteiger partial charge in [0.1, 0.15) is 6.61 Å². The lowest BCUT2D eigenvalue weighted by atomic mass is 9.87. The Morgan fingerprint density at radius 2 is 1.91 bits per heavy atom. The van der Waals surface area contributed by atoms with E-state index in [9.17, 15) is 4.79 Å². The van der Waals surface area contributed by atoms with Crippen molar-refractivity contribution in [3.8, 4) is 0 Å². The average molecular weight is 305 g/mol. The Morgan fingerprint density at radius 1 is 1.18 bits per heavy atom. The number of nitrogens with one attached hydrogen (secondary N) is 2. The molecular formula is C16H23N3O3. The summed E-state index contributed by atoms with van der Waals surface area (Å²) in [6.45, 7) is 3.73. The van der Waals surface area contributed by atoms with Gasteiger partial charge in [0.2, 0.25) is 0 Å². The summed E-state index contributed by atoms with van der Waals surface area (Å²) in [6, 6.07) is 10.4. The van der Waals surface area contributed by atoms with Crippen molar-refractivity contribution in [2.75, 3.05) is 26.3 Å². The minimum atomic E-state index is -0.335. The fraction of sp³-hybridized carbons (Fsp3) is 0.562. The van der Waals surface area contributed by atoms with E-state index in [1.54, 1.807) is 0 Å². The summed E-state index contributed by atoms with van der Waals surface area (Å²) in [5.74, 6) is 0. The number of hydrogen-bond donors (Lipinski definition) is 2. The Labute approximate surface area is 130 Å². The molecule has 1 amide bonds. The molecular weight excluding hydrogens is 282 g/mol. The molecule has 0 spiro atoms. The zero-order valence-electron chi connectivity index (χ0n) is 12.7. The molecule has 2 N–H and O–H groups in total. The lowest BCUT2D eigenvalue weighted by molar-refractivity contribution is -0.00754. The Balaban J connectivity index is 1.29. The summed E-state index contributed by atoms with van der Waals surface area (Å²) in [6.07, 6.45) is 1.55. The second kappa shape index (κ2) is 7.58. The highest BCUT2D eigenvalue weighted by molar-refractivity contribution is 5.67. The topological polar surface area (TPSA) is 62.8 Å². The number of benzene rings is 1. The monoisotopic (exact) mass is 305 g/mol. The van der Waals surface area contributed by atoms with Crippen molar-refractivity contribution in [3.63, 3.8) is 0 Å². The SMILES string of the molecule is O=C(NC1CC(NN2CCOCC2)C1)OCc1ccccc1. The zero-order chi connectivity index (χ0) is 15.2. The molecule has 6 heteroatoms. The number of morpholine rings is 1. The normalized spacial score (nSPS) is 25.3. The molecule has 1 aliphatic carbocycles. The summed E-state index contributed by atoms with van der Waals surface area (Å²) < 4.78 is 10.5. The molecule has 3 rings (SSSR count). The van der Waals surface area contributed by atoms with Crippen LogP contribution in [0.15, 0.2) is 30.3 Å². The first-order valence-corrected chi connectivity index (χ1v) is 7.85. The molecule has 0 unspecified atom stereocenters. The molecule has 1 saturated heterocycles. The van der Waals surface area contributed by atoms with Gasteiger partial charge in [0.05, 0.1) is 13.2 Å². The summed E-state index contributed by atoms with van der Waals surface area (Å²) >= 11 is 0.